The van der Waals surface area contributed by atoms with Gasteiger partial charge in [0.2, 0.25) is 5.82 Å². The number of alkyl halides is 3. The van der Waals surface area contributed by atoms with Crippen LogP contribution in [-0.4, -0.2) is 72.7 Å². The molecule has 0 bridgehead atoms. The second-order valence-corrected chi connectivity index (χ2v) is 6.52. The molecule has 1 saturated heterocycles. The molecule has 2 aliphatic heterocycles. The van der Waals surface area contributed by atoms with Crippen molar-refractivity contribution in [2.24, 2.45) is 7.05 Å². The fourth-order valence-corrected chi connectivity index (χ4v) is 3.31. The lowest BCUT2D eigenvalue weighted by Crippen LogP contribution is -2.61. The van der Waals surface area contributed by atoms with Crippen molar-refractivity contribution in [2.75, 3.05) is 49.8 Å². The van der Waals surface area contributed by atoms with Gasteiger partial charge in [-0.15, -0.1) is 11.0 Å². The Labute approximate surface area is 170 Å². The summed E-state index contributed by atoms with van der Waals surface area (Å²) in [6, 6.07) is -0.144. The molecule has 0 amide bonds. The summed E-state index contributed by atoms with van der Waals surface area (Å²) in [4.78, 5) is 36.8. The smallest absolute Gasteiger partial charge is 0.468 e. The van der Waals surface area contributed by atoms with Crippen LogP contribution >= 0.6 is 0 Å². The third-order valence-electron chi connectivity index (χ3n) is 4.69. The molecule has 0 radical (unpaired) electrons. The van der Waals surface area contributed by atoms with E-state index >= 15 is 0 Å². The van der Waals surface area contributed by atoms with E-state index in [9.17, 15) is 22.8 Å². The van der Waals surface area contributed by atoms with Gasteiger partial charge in [-0.25, -0.2) is 4.79 Å². The molecule has 2 aliphatic rings. The number of aromatic nitrogens is 2. The Morgan fingerprint density at radius 3 is 2.57 bits per heavy atom. The zero-order chi connectivity index (χ0) is 22.1. The van der Waals surface area contributed by atoms with E-state index in [1.54, 1.807) is 11.8 Å². The van der Waals surface area contributed by atoms with Crippen molar-refractivity contribution in [3.63, 3.8) is 0 Å². The normalized spacial score (nSPS) is 19.2. The van der Waals surface area contributed by atoms with Crippen molar-refractivity contribution in [3.05, 3.63) is 10.4 Å². The van der Waals surface area contributed by atoms with Crippen LogP contribution in [0.4, 0.5) is 24.7 Å². The summed E-state index contributed by atoms with van der Waals surface area (Å²) in [7, 11) is 2.69. The number of nitrogens with zero attached hydrogens (tertiary/aromatic N) is 5. The maximum atomic E-state index is 13.0. The Morgan fingerprint density at radius 1 is 1.33 bits per heavy atom. The van der Waals surface area contributed by atoms with Crippen molar-refractivity contribution in [3.8, 4) is 17.9 Å². The Balaban J connectivity index is 2.17. The lowest BCUT2D eigenvalue weighted by atomic mass is 10.3. The molecule has 13 heteroatoms. The molecule has 0 aliphatic carbocycles. The van der Waals surface area contributed by atoms with Gasteiger partial charge >= 0.3 is 18.2 Å². The molecule has 3 heterocycles. The molecule has 1 atom stereocenters. The Kier molecular flexibility index (Phi) is 6.09. The Morgan fingerprint density at radius 2 is 2.00 bits per heavy atom. The minimum absolute atomic E-state index is 0.0153. The molecule has 1 unspecified atom stereocenters. The largest absolute Gasteiger partial charge is 0.493 e. The molecule has 164 valence electrons. The second kappa shape index (κ2) is 8.41. The molecule has 0 saturated carbocycles. The topological polar surface area (TPSA) is 92.2 Å². The van der Waals surface area contributed by atoms with Gasteiger partial charge in [0.25, 0.3) is 5.56 Å². The molecule has 1 N–H and O–H groups in total. The summed E-state index contributed by atoms with van der Waals surface area (Å²) >= 11 is 0. The molecule has 0 aromatic carbocycles. The van der Waals surface area contributed by atoms with Gasteiger partial charge < -0.3 is 19.8 Å². The molecule has 1 aromatic heterocycles. The van der Waals surface area contributed by atoms with Crippen molar-refractivity contribution >= 4 is 17.5 Å². The van der Waals surface area contributed by atoms with Crippen molar-refractivity contribution < 1.29 is 27.5 Å². The average Bonchev–Trinajstić information content (AvgIpc) is 3.02. The lowest BCUT2D eigenvalue weighted by molar-refractivity contribution is -0.203. The van der Waals surface area contributed by atoms with Crippen LogP contribution in [0.15, 0.2) is 4.79 Å². The number of hydrogen-bond acceptors (Lipinski definition) is 9. The second-order valence-electron chi connectivity index (χ2n) is 6.52. The maximum Gasteiger partial charge on any atom is 0.493 e. The van der Waals surface area contributed by atoms with Gasteiger partial charge in [-0.1, -0.05) is 5.92 Å². The van der Waals surface area contributed by atoms with E-state index in [1.807, 2.05) is 0 Å². The predicted octanol–water partition coefficient (Wildman–Crippen LogP) is -0.352. The van der Waals surface area contributed by atoms with E-state index < -0.39 is 24.0 Å². The van der Waals surface area contributed by atoms with Crippen LogP contribution in [0.2, 0.25) is 0 Å². The van der Waals surface area contributed by atoms with Crippen molar-refractivity contribution in [2.45, 2.75) is 19.4 Å². The number of ether oxygens (including phenoxy) is 1. The first-order valence-corrected chi connectivity index (χ1v) is 9.05. The first-order valence-electron chi connectivity index (χ1n) is 9.05. The fourth-order valence-electron chi connectivity index (χ4n) is 3.31. The fraction of sp³-hybridized carbons (Fsp3) is 0.588. The zero-order valence-corrected chi connectivity index (χ0v) is 16.6. The van der Waals surface area contributed by atoms with Crippen LogP contribution in [0.3, 0.4) is 0 Å². The number of nitrogens with one attached hydrogen (secondary N) is 1. The van der Waals surface area contributed by atoms with E-state index in [0.29, 0.717) is 26.2 Å². The lowest BCUT2D eigenvalue weighted by Gasteiger charge is -2.40. The summed E-state index contributed by atoms with van der Waals surface area (Å²) in [6.45, 7) is 3.62. The summed E-state index contributed by atoms with van der Waals surface area (Å²) < 4.78 is 45.1. The maximum absolute atomic E-state index is 13.0. The third-order valence-corrected chi connectivity index (χ3v) is 4.69. The van der Waals surface area contributed by atoms with E-state index in [-0.39, 0.29) is 24.1 Å². The number of anilines is 2. The highest BCUT2D eigenvalue weighted by atomic mass is 19.4. The van der Waals surface area contributed by atoms with Crippen molar-refractivity contribution in [1.29, 1.82) is 0 Å². The molecule has 1 fully saturated rings. The number of hydroxylamine groups is 1. The molecule has 1 aromatic rings. The molecule has 0 spiro atoms. The number of carbonyl (C=O) groups excluding carboxylic acids is 1. The van der Waals surface area contributed by atoms with Crippen LogP contribution in [0.25, 0.3) is 0 Å². The minimum atomic E-state index is -5.23. The van der Waals surface area contributed by atoms with Gasteiger partial charge in [-0.2, -0.15) is 18.2 Å². The van der Waals surface area contributed by atoms with Crippen LogP contribution < -0.4 is 25.6 Å². The molecule has 10 nitrogen and oxygen atoms in total. The van der Waals surface area contributed by atoms with Gasteiger partial charge in [0.05, 0.1) is 13.7 Å². The van der Waals surface area contributed by atoms with Gasteiger partial charge in [-0.3, -0.25) is 14.3 Å². The van der Waals surface area contributed by atoms with Gasteiger partial charge in [0, 0.05) is 33.2 Å². The number of halogens is 3. The molecule has 3 rings (SSSR count). The highest BCUT2D eigenvalue weighted by molar-refractivity contribution is 5.80. The van der Waals surface area contributed by atoms with Gasteiger partial charge in [0.1, 0.15) is 0 Å². The SMILES string of the molecule is CC#CCN1c2c(nc(OC)n(C)c2=O)N(OC(=O)C(F)(F)F)C1N1CCNCC1. The van der Waals surface area contributed by atoms with Crippen LogP contribution in [0, 0.1) is 11.8 Å². The number of fused-ring (bicyclic) bond motifs is 1. The average molecular weight is 430 g/mol. The van der Waals surface area contributed by atoms with E-state index in [2.05, 4.69) is 22.1 Å². The van der Waals surface area contributed by atoms with Gasteiger partial charge in [-0.05, 0) is 6.92 Å². The van der Waals surface area contributed by atoms with Crippen LogP contribution in [0.5, 0.6) is 6.01 Å². The summed E-state index contributed by atoms with van der Waals surface area (Å²) in [6.07, 6.45) is -6.25. The summed E-state index contributed by atoms with van der Waals surface area (Å²) in [5, 5.41) is 3.86. The summed E-state index contributed by atoms with van der Waals surface area (Å²) in [5.41, 5.74) is -0.597. The van der Waals surface area contributed by atoms with E-state index in [1.165, 1.54) is 19.1 Å². The highest BCUT2D eigenvalue weighted by Gasteiger charge is 2.50. The third kappa shape index (κ3) is 3.88. The summed E-state index contributed by atoms with van der Waals surface area (Å²) in [5.74, 6) is 2.86. The van der Waals surface area contributed by atoms with Gasteiger partial charge in [0.15, 0.2) is 12.0 Å². The number of piperazine rings is 1. The Hall–Kier alpha value is -2.98. The van der Waals surface area contributed by atoms with Crippen LogP contribution in [-0.2, 0) is 16.7 Å². The van der Waals surface area contributed by atoms with E-state index in [4.69, 9.17) is 9.57 Å². The number of carbonyl (C=O) groups is 1. The monoisotopic (exact) mass is 430 g/mol. The molecular formula is C17H21F3N6O4. The number of hydrogen-bond donors (Lipinski definition) is 1. The van der Waals surface area contributed by atoms with E-state index in [0.717, 1.165) is 9.63 Å². The van der Waals surface area contributed by atoms with Crippen LogP contribution in [0.1, 0.15) is 6.92 Å². The molecular weight excluding hydrogens is 409 g/mol. The number of rotatable bonds is 4. The molecule has 30 heavy (non-hydrogen) atoms. The first-order chi connectivity index (χ1) is 14.2. The quantitative estimate of drug-likeness (QED) is 0.644. The minimum Gasteiger partial charge on any atom is -0.468 e. The standard InChI is InChI=1S/C17H21F3N6O4/c1-4-5-8-25-11-12(22-15(29-3)23(2)13(11)27)26(30-14(28)17(18,19)20)16(25)24-9-6-21-7-10-24/h16,21H,6-10H2,1-3H3. The first kappa shape index (κ1) is 21.7. The zero-order valence-electron chi connectivity index (χ0n) is 16.6. The Bertz CT molecular complexity index is 932. The highest BCUT2D eigenvalue weighted by Crippen LogP contribution is 2.38. The van der Waals surface area contributed by atoms with Crippen molar-refractivity contribution in [1.82, 2.24) is 19.8 Å². The predicted molar refractivity (Wildman–Crippen MR) is 99.7 cm³/mol. The number of methoxy groups -OCH3 is 1.